The molecule has 2 rings (SSSR count). The normalized spacial score (nSPS) is 10.4. The second kappa shape index (κ2) is 5.63. The molecule has 0 heterocycles. The molecule has 0 aliphatic carbocycles. The third-order valence-electron chi connectivity index (χ3n) is 2.55. The number of phenolic OH excluding ortho intramolecular Hbond substituents is 1. The second-order valence-corrected chi connectivity index (χ2v) is 5.10. The van der Waals surface area contributed by atoms with Gasteiger partial charge in [-0.05, 0) is 52.2 Å². The summed E-state index contributed by atoms with van der Waals surface area (Å²) in [6.45, 7) is 2.07. The summed E-state index contributed by atoms with van der Waals surface area (Å²) in [5, 5.41) is 10.1. The number of ether oxygens (including phenoxy) is 1. The average molecular weight is 328 g/mol. The number of halogens is 2. The highest BCUT2D eigenvalue weighted by Crippen LogP contribution is 2.34. The zero-order chi connectivity index (χ0) is 13.1. The summed E-state index contributed by atoms with van der Waals surface area (Å²) in [6.07, 6.45) is 0.930. The maximum absolute atomic E-state index is 9.57. The first-order valence-electron chi connectivity index (χ1n) is 5.55. The number of hydrogen-bond donors (Lipinski definition) is 1. The lowest BCUT2D eigenvalue weighted by molar-refractivity contribution is 0.453. The highest BCUT2D eigenvalue weighted by atomic mass is 79.9. The zero-order valence-corrected chi connectivity index (χ0v) is 12.1. The molecule has 1 N–H and O–H groups in total. The van der Waals surface area contributed by atoms with E-state index in [-0.39, 0.29) is 5.75 Å². The Bertz CT molecular complexity index is 570. The Morgan fingerprint density at radius 1 is 1.22 bits per heavy atom. The SMILES string of the molecule is CCc1ccc(Oc2ccc(Br)c(O)c2)c(Cl)c1. The van der Waals surface area contributed by atoms with Crippen LogP contribution in [0, 0.1) is 0 Å². The Morgan fingerprint density at radius 3 is 2.61 bits per heavy atom. The molecule has 2 aromatic rings. The average Bonchev–Trinajstić information content (AvgIpc) is 2.36. The van der Waals surface area contributed by atoms with Crippen molar-refractivity contribution in [2.45, 2.75) is 13.3 Å². The van der Waals surface area contributed by atoms with Crippen LogP contribution in [0.2, 0.25) is 5.02 Å². The first-order valence-corrected chi connectivity index (χ1v) is 6.72. The fourth-order valence-corrected chi connectivity index (χ4v) is 2.02. The third kappa shape index (κ3) is 2.98. The highest BCUT2D eigenvalue weighted by molar-refractivity contribution is 9.10. The summed E-state index contributed by atoms with van der Waals surface area (Å²) in [6, 6.07) is 10.7. The first-order chi connectivity index (χ1) is 8.60. The van der Waals surface area contributed by atoms with Crippen molar-refractivity contribution in [1.29, 1.82) is 0 Å². The molecule has 0 saturated carbocycles. The number of benzene rings is 2. The van der Waals surface area contributed by atoms with Crippen LogP contribution in [0.1, 0.15) is 12.5 Å². The molecule has 0 fully saturated rings. The quantitative estimate of drug-likeness (QED) is 0.843. The van der Waals surface area contributed by atoms with E-state index >= 15 is 0 Å². The summed E-state index contributed by atoms with van der Waals surface area (Å²) in [5.74, 6) is 1.26. The number of aromatic hydroxyl groups is 1. The molecule has 0 spiro atoms. The number of phenols is 1. The van der Waals surface area contributed by atoms with Crippen molar-refractivity contribution in [2.75, 3.05) is 0 Å². The molecule has 0 saturated heterocycles. The van der Waals surface area contributed by atoms with Crippen molar-refractivity contribution in [2.24, 2.45) is 0 Å². The van der Waals surface area contributed by atoms with Crippen molar-refractivity contribution in [3.8, 4) is 17.2 Å². The van der Waals surface area contributed by atoms with Crippen LogP contribution >= 0.6 is 27.5 Å². The molecule has 0 atom stereocenters. The van der Waals surface area contributed by atoms with Crippen LogP contribution in [0.25, 0.3) is 0 Å². The van der Waals surface area contributed by atoms with Crippen molar-refractivity contribution >= 4 is 27.5 Å². The van der Waals surface area contributed by atoms with Crippen LogP contribution in [0.5, 0.6) is 17.2 Å². The molecular formula is C14H12BrClO2. The van der Waals surface area contributed by atoms with Crippen LogP contribution in [0.3, 0.4) is 0 Å². The topological polar surface area (TPSA) is 29.5 Å². The van der Waals surface area contributed by atoms with Gasteiger partial charge in [-0.2, -0.15) is 0 Å². The number of aryl methyl sites for hydroxylation is 1. The Balaban J connectivity index is 2.25. The monoisotopic (exact) mass is 326 g/mol. The first kappa shape index (κ1) is 13.2. The molecule has 18 heavy (non-hydrogen) atoms. The van der Waals surface area contributed by atoms with Crippen molar-refractivity contribution in [3.63, 3.8) is 0 Å². The molecule has 4 heteroatoms. The van der Waals surface area contributed by atoms with E-state index in [1.165, 1.54) is 6.07 Å². The Labute approximate surface area is 119 Å². The van der Waals surface area contributed by atoms with Crippen LogP contribution in [0.4, 0.5) is 0 Å². The predicted molar refractivity (Wildman–Crippen MR) is 76.7 cm³/mol. The minimum Gasteiger partial charge on any atom is -0.507 e. The van der Waals surface area contributed by atoms with E-state index in [2.05, 4.69) is 22.9 Å². The van der Waals surface area contributed by atoms with E-state index in [4.69, 9.17) is 16.3 Å². The summed E-state index contributed by atoms with van der Waals surface area (Å²) in [5.41, 5.74) is 1.16. The van der Waals surface area contributed by atoms with Gasteiger partial charge in [0.1, 0.15) is 17.2 Å². The molecule has 0 aliphatic heterocycles. The van der Waals surface area contributed by atoms with E-state index in [0.29, 0.717) is 21.0 Å². The summed E-state index contributed by atoms with van der Waals surface area (Å²) >= 11 is 9.35. The van der Waals surface area contributed by atoms with Gasteiger partial charge in [-0.3, -0.25) is 0 Å². The maximum Gasteiger partial charge on any atom is 0.146 e. The van der Waals surface area contributed by atoms with Gasteiger partial charge in [0.15, 0.2) is 0 Å². The summed E-state index contributed by atoms with van der Waals surface area (Å²) in [4.78, 5) is 0. The fraction of sp³-hybridized carbons (Fsp3) is 0.143. The summed E-state index contributed by atoms with van der Waals surface area (Å²) < 4.78 is 6.26. The van der Waals surface area contributed by atoms with Gasteiger partial charge in [-0.1, -0.05) is 24.6 Å². The lowest BCUT2D eigenvalue weighted by atomic mass is 10.2. The Morgan fingerprint density at radius 2 is 2.00 bits per heavy atom. The van der Waals surface area contributed by atoms with Crippen LogP contribution in [-0.2, 0) is 6.42 Å². The number of hydrogen-bond acceptors (Lipinski definition) is 2. The van der Waals surface area contributed by atoms with Gasteiger partial charge >= 0.3 is 0 Å². The molecule has 0 aromatic heterocycles. The second-order valence-electron chi connectivity index (χ2n) is 3.83. The smallest absolute Gasteiger partial charge is 0.146 e. The van der Waals surface area contributed by atoms with Crippen LogP contribution in [-0.4, -0.2) is 5.11 Å². The Kier molecular flexibility index (Phi) is 4.15. The van der Waals surface area contributed by atoms with Gasteiger partial charge in [0.25, 0.3) is 0 Å². The molecule has 0 unspecified atom stereocenters. The standard InChI is InChI=1S/C14H12BrClO2/c1-2-9-3-6-14(12(16)7-9)18-10-4-5-11(15)13(17)8-10/h3-8,17H,2H2,1H3. The van der Waals surface area contributed by atoms with Crippen molar-refractivity contribution < 1.29 is 9.84 Å². The van der Waals surface area contributed by atoms with E-state index in [0.717, 1.165) is 12.0 Å². The third-order valence-corrected chi connectivity index (χ3v) is 3.52. The van der Waals surface area contributed by atoms with Gasteiger partial charge in [0, 0.05) is 6.07 Å². The Hall–Kier alpha value is -1.19. The largest absolute Gasteiger partial charge is 0.507 e. The van der Waals surface area contributed by atoms with Gasteiger partial charge in [0.05, 0.1) is 9.50 Å². The summed E-state index contributed by atoms with van der Waals surface area (Å²) in [7, 11) is 0. The van der Waals surface area contributed by atoms with Gasteiger partial charge in [-0.25, -0.2) is 0 Å². The van der Waals surface area contributed by atoms with Crippen LogP contribution < -0.4 is 4.74 Å². The minimum atomic E-state index is 0.133. The molecule has 0 bridgehead atoms. The fourth-order valence-electron chi connectivity index (χ4n) is 1.53. The predicted octanol–water partition coefficient (Wildman–Crippen LogP) is 5.16. The highest BCUT2D eigenvalue weighted by Gasteiger charge is 2.06. The molecule has 0 amide bonds. The molecule has 0 radical (unpaired) electrons. The van der Waals surface area contributed by atoms with E-state index in [1.807, 2.05) is 18.2 Å². The lowest BCUT2D eigenvalue weighted by Gasteiger charge is -2.09. The van der Waals surface area contributed by atoms with Crippen molar-refractivity contribution in [1.82, 2.24) is 0 Å². The molecule has 2 nitrogen and oxygen atoms in total. The van der Waals surface area contributed by atoms with E-state index in [1.54, 1.807) is 12.1 Å². The van der Waals surface area contributed by atoms with Gasteiger partial charge < -0.3 is 9.84 Å². The van der Waals surface area contributed by atoms with Crippen molar-refractivity contribution in [3.05, 3.63) is 51.5 Å². The molecule has 94 valence electrons. The zero-order valence-electron chi connectivity index (χ0n) is 9.78. The maximum atomic E-state index is 9.57. The lowest BCUT2D eigenvalue weighted by Crippen LogP contribution is -1.87. The van der Waals surface area contributed by atoms with Crippen LogP contribution in [0.15, 0.2) is 40.9 Å². The molecular weight excluding hydrogens is 316 g/mol. The number of rotatable bonds is 3. The van der Waals surface area contributed by atoms with Gasteiger partial charge in [-0.15, -0.1) is 0 Å². The van der Waals surface area contributed by atoms with E-state index in [9.17, 15) is 5.11 Å². The van der Waals surface area contributed by atoms with E-state index < -0.39 is 0 Å². The van der Waals surface area contributed by atoms with Gasteiger partial charge in [0.2, 0.25) is 0 Å². The minimum absolute atomic E-state index is 0.133. The molecule has 2 aromatic carbocycles. The molecule has 0 aliphatic rings.